The van der Waals surface area contributed by atoms with Gasteiger partial charge in [0.15, 0.2) is 0 Å². The van der Waals surface area contributed by atoms with Crippen molar-refractivity contribution in [3.63, 3.8) is 0 Å². The number of nitrogens with one attached hydrogen (secondary N) is 1. The van der Waals surface area contributed by atoms with Gasteiger partial charge in [-0.25, -0.2) is 4.68 Å². The highest BCUT2D eigenvalue weighted by molar-refractivity contribution is 7.07. The van der Waals surface area contributed by atoms with Gasteiger partial charge < -0.3 is 15.2 Å². The lowest BCUT2D eigenvalue weighted by Crippen LogP contribution is -2.21. The fraction of sp³-hybridized carbons (Fsp3) is 0.462. The number of hydrogen-bond acceptors (Lipinski definition) is 5. The third-order valence-corrected chi connectivity index (χ3v) is 3.75. The van der Waals surface area contributed by atoms with Crippen molar-refractivity contribution in [3.8, 4) is 5.88 Å². The molecule has 0 saturated carbocycles. The van der Waals surface area contributed by atoms with Crippen molar-refractivity contribution in [1.29, 1.82) is 0 Å². The van der Waals surface area contributed by atoms with Crippen LogP contribution >= 0.6 is 11.3 Å². The zero-order valence-corrected chi connectivity index (χ0v) is 12.2. The first-order valence-corrected chi connectivity index (χ1v) is 7.05. The normalized spacial score (nSPS) is 12.6. The van der Waals surface area contributed by atoms with Gasteiger partial charge in [0.2, 0.25) is 5.88 Å². The van der Waals surface area contributed by atoms with Crippen molar-refractivity contribution in [1.82, 2.24) is 15.1 Å². The molecule has 0 bridgehead atoms. The van der Waals surface area contributed by atoms with Crippen molar-refractivity contribution in [3.05, 3.63) is 33.6 Å². The molecule has 2 aromatic heterocycles. The van der Waals surface area contributed by atoms with E-state index in [2.05, 4.69) is 10.4 Å². The van der Waals surface area contributed by atoms with Crippen LogP contribution in [0.5, 0.6) is 5.88 Å². The van der Waals surface area contributed by atoms with Crippen LogP contribution in [0.2, 0.25) is 0 Å². The van der Waals surface area contributed by atoms with Crippen LogP contribution in [0, 0.1) is 6.92 Å². The summed E-state index contributed by atoms with van der Waals surface area (Å²) in [5.74, 6) is 0.759. The first-order valence-electron chi connectivity index (χ1n) is 6.10. The zero-order valence-electron chi connectivity index (χ0n) is 11.4. The van der Waals surface area contributed by atoms with Gasteiger partial charge in [-0.3, -0.25) is 0 Å². The van der Waals surface area contributed by atoms with Gasteiger partial charge in [-0.15, -0.1) is 0 Å². The van der Waals surface area contributed by atoms with Gasteiger partial charge in [0, 0.05) is 20.1 Å². The van der Waals surface area contributed by atoms with Crippen molar-refractivity contribution in [2.75, 3.05) is 13.7 Å². The molecule has 0 aromatic carbocycles. The second-order valence-electron chi connectivity index (χ2n) is 4.40. The highest BCUT2D eigenvalue weighted by atomic mass is 32.1. The van der Waals surface area contributed by atoms with E-state index < -0.39 is 6.10 Å². The van der Waals surface area contributed by atoms with Crippen LogP contribution in [0.4, 0.5) is 0 Å². The average molecular weight is 281 g/mol. The minimum atomic E-state index is -0.478. The molecule has 0 saturated heterocycles. The molecule has 1 atom stereocenters. The van der Waals surface area contributed by atoms with Crippen molar-refractivity contribution >= 4 is 11.3 Å². The molecule has 0 aliphatic carbocycles. The number of aliphatic hydroxyl groups excluding tert-OH is 1. The third-order valence-electron chi connectivity index (χ3n) is 3.05. The van der Waals surface area contributed by atoms with Crippen LogP contribution in [-0.2, 0) is 13.6 Å². The average Bonchev–Trinajstić information content (AvgIpc) is 2.98. The second-order valence-corrected chi connectivity index (χ2v) is 5.18. The largest absolute Gasteiger partial charge is 0.481 e. The van der Waals surface area contributed by atoms with Crippen molar-refractivity contribution in [2.45, 2.75) is 19.6 Å². The minimum Gasteiger partial charge on any atom is -0.481 e. The molecular weight excluding hydrogens is 262 g/mol. The maximum absolute atomic E-state index is 9.98. The predicted octanol–water partition coefficient (Wildman–Crippen LogP) is 1.62. The van der Waals surface area contributed by atoms with E-state index in [1.165, 1.54) is 0 Å². The highest BCUT2D eigenvalue weighted by Crippen LogP contribution is 2.21. The first kappa shape index (κ1) is 14.0. The topological polar surface area (TPSA) is 59.3 Å². The Labute approximate surface area is 116 Å². The second kappa shape index (κ2) is 6.18. The summed E-state index contributed by atoms with van der Waals surface area (Å²) in [6.45, 7) is 3.09. The molecule has 2 rings (SSSR count). The van der Waals surface area contributed by atoms with Crippen LogP contribution in [0.1, 0.15) is 22.9 Å². The number of aryl methyl sites for hydroxylation is 2. The van der Waals surface area contributed by atoms with E-state index in [-0.39, 0.29) is 0 Å². The molecule has 19 heavy (non-hydrogen) atoms. The maximum Gasteiger partial charge on any atom is 0.216 e. The van der Waals surface area contributed by atoms with E-state index in [9.17, 15) is 5.11 Å². The van der Waals surface area contributed by atoms with Gasteiger partial charge in [0.25, 0.3) is 0 Å². The molecule has 1 unspecified atom stereocenters. The molecule has 0 aliphatic heterocycles. The standard InChI is InChI=1S/C13H19N3O2S/c1-9-11(13(18-3)16(2)15-9)6-14-7-12(17)10-4-5-19-8-10/h4-5,8,12,14,17H,6-7H2,1-3H3. The van der Waals surface area contributed by atoms with Crippen LogP contribution < -0.4 is 10.1 Å². The molecule has 6 heteroatoms. The number of aromatic nitrogens is 2. The molecule has 0 aliphatic rings. The zero-order chi connectivity index (χ0) is 13.8. The van der Waals surface area contributed by atoms with Gasteiger partial charge in [0.05, 0.1) is 24.5 Å². The van der Waals surface area contributed by atoms with Crippen LogP contribution in [0.3, 0.4) is 0 Å². The molecule has 5 nitrogen and oxygen atoms in total. The third kappa shape index (κ3) is 3.15. The van der Waals surface area contributed by atoms with Crippen LogP contribution in [-0.4, -0.2) is 28.5 Å². The van der Waals surface area contributed by atoms with E-state index in [0.717, 1.165) is 22.7 Å². The Balaban J connectivity index is 1.93. The van der Waals surface area contributed by atoms with Crippen molar-refractivity contribution < 1.29 is 9.84 Å². The van der Waals surface area contributed by atoms with Crippen LogP contribution in [0.15, 0.2) is 16.8 Å². The predicted molar refractivity (Wildman–Crippen MR) is 75.5 cm³/mol. The number of rotatable bonds is 6. The first-order chi connectivity index (χ1) is 9.13. The summed E-state index contributed by atoms with van der Waals surface area (Å²) >= 11 is 1.59. The molecule has 2 N–H and O–H groups in total. The van der Waals surface area contributed by atoms with Crippen molar-refractivity contribution in [2.24, 2.45) is 7.05 Å². The minimum absolute atomic E-state index is 0.478. The summed E-state index contributed by atoms with van der Waals surface area (Å²) in [6, 6.07) is 1.94. The molecule has 0 spiro atoms. The number of methoxy groups -OCH3 is 1. The van der Waals surface area contributed by atoms with Gasteiger partial charge in [-0.05, 0) is 29.3 Å². The Hall–Kier alpha value is -1.37. The lowest BCUT2D eigenvalue weighted by molar-refractivity contribution is 0.174. The monoisotopic (exact) mass is 281 g/mol. The Morgan fingerprint density at radius 1 is 1.58 bits per heavy atom. The molecule has 2 heterocycles. The number of nitrogens with zero attached hydrogens (tertiary/aromatic N) is 2. The summed E-state index contributed by atoms with van der Waals surface area (Å²) in [6.07, 6.45) is -0.478. The molecule has 0 amide bonds. The number of hydrogen-bond donors (Lipinski definition) is 2. The number of ether oxygens (including phenoxy) is 1. The summed E-state index contributed by atoms with van der Waals surface area (Å²) in [4.78, 5) is 0. The summed E-state index contributed by atoms with van der Waals surface area (Å²) < 4.78 is 7.05. The highest BCUT2D eigenvalue weighted by Gasteiger charge is 2.14. The smallest absolute Gasteiger partial charge is 0.216 e. The lowest BCUT2D eigenvalue weighted by atomic mass is 10.2. The SMILES string of the molecule is COc1c(CNCC(O)c2ccsc2)c(C)nn1C. The van der Waals surface area contributed by atoms with E-state index >= 15 is 0 Å². The Morgan fingerprint density at radius 2 is 2.37 bits per heavy atom. The fourth-order valence-corrected chi connectivity index (χ4v) is 2.76. The van der Waals surface area contributed by atoms with Gasteiger partial charge in [-0.2, -0.15) is 16.4 Å². The molecular formula is C13H19N3O2S. The maximum atomic E-state index is 9.98. The Kier molecular flexibility index (Phi) is 4.57. The lowest BCUT2D eigenvalue weighted by Gasteiger charge is -2.11. The number of aliphatic hydroxyl groups is 1. The summed E-state index contributed by atoms with van der Waals surface area (Å²) in [5, 5.41) is 21.5. The molecule has 0 radical (unpaired) electrons. The van der Waals surface area contributed by atoms with Gasteiger partial charge in [0.1, 0.15) is 0 Å². The van der Waals surface area contributed by atoms with Crippen LogP contribution in [0.25, 0.3) is 0 Å². The molecule has 2 aromatic rings. The van der Waals surface area contributed by atoms with E-state index in [4.69, 9.17) is 4.74 Å². The van der Waals surface area contributed by atoms with E-state index in [1.807, 2.05) is 30.8 Å². The summed E-state index contributed by atoms with van der Waals surface area (Å²) in [7, 11) is 3.50. The summed E-state index contributed by atoms with van der Waals surface area (Å²) in [5.41, 5.74) is 2.92. The molecule has 104 valence electrons. The Bertz CT molecular complexity index is 522. The number of thiophene rings is 1. The van der Waals surface area contributed by atoms with Gasteiger partial charge >= 0.3 is 0 Å². The van der Waals surface area contributed by atoms with E-state index in [1.54, 1.807) is 23.1 Å². The Morgan fingerprint density at radius 3 is 3.00 bits per heavy atom. The van der Waals surface area contributed by atoms with Gasteiger partial charge in [-0.1, -0.05) is 0 Å². The molecule has 0 fully saturated rings. The quantitative estimate of drug-likeness (QED) is 0.845. The van der Waals surface area contributed by atoms with E-state index in [0.29, 0.717) is 13.1 Å². The fourth-order valence-electron chi connectivity index (χ4n) is 2.06.